The molecule has 1 amide bonds. The van der Waals surface area contributed by atoms with Gasteiger partial charge in [-0.25, -0.2) is 4.98 Å². The molecule has 1 fully saturated rings. The fraction of sp³-hybridized carbons (Fsp3) is 0.429. The summed E-state index contributed by atoms with van der Waals surface area (Å²) in [5, 5.41) is 10.1. The average Bonchev–Trinajstić information content (AvgIpc) is 3.21. The number of nitrogens with zero attached hydrogens (tertiary/aromatic N) is 4. The highest BCUT2D eigenvalue weighted by Gasteiger charge is 2.45. The Morgan fingerprint density at radius 2 is 2.03 bits per heavy atom. The summed E-state index contributed by atoms with van der Waals surface area (Å²) in [5.74, 6) is -2.97. The van der Waals surface area contributed by atoms with Gasteiger partial charge in [-0.15, -0.1) is 0 Å². The van der Waals surface area contributed by atoms with Crippen LogP contribution in [0.3, 0.4) is 0 Å². The monoisotopic (exact) mass is 510 g/mol. The Labute approximate surface area is 213 Å². The second-order valence-electron chi connectivity index (χ2n) is 9.96. The van der Waals surface area contributed by atoms with Crippen molar-refractivity contribution in [1.29, 1.82) is 5.26 Å². The van der Waals surface area contributed by atoms with Crippen molar-refractivity contribution < 1.29 is 22.8 Å². The highest BCUT2D eigenvalue weighted by molar-refractivity contribution is 5.98. The van der Waals surface area contributed by atoms with Crippen molar-refractivity contribution in [3.05, 3.63) is 64.5 Å². The van der Waals surface area contributed by atoms with Gasteiger partial charge >= 0.3 is 6.18 Å². The molecule has 194 valence electrons. The highest BCUT2D eigenvalue weighted by Crippen LogP contribution is 2.39. The lowest BCUT2D eigenvalue weighted by molar-refractivity contribution is -0.187. The molecule has 0 saturated carbocycles. The van der Waals surface area contributed by atoms with Crippen LogP contribution in [-0.2, 0) is 18.3 Å². The molecule has 0 aliphatic carbocycles. The fourth-order valence-electron chi connectivity index (χ4n) is 5.27. The summed E-state index contributed by atoms with van der Waals surface area (Å²) in [6, 6.07) is 8.31. The van der Waals surface area contributed by atoms with Crippen LogP contribution in [0, 0.1) is 24.2 Å². The molecule has 1 aromatic carbocycles. The number of rotatable bonds is 5. The number of hydrogen-bond donors (Lipinski definition) is 0. The molecule has 3 atom stereocenters. The molecular formula is C28H29F3N4O2. The molecule has 9 heteroatoms. The Kier molecular flexibility index (Phi) is 7.13. The second-order valence-corrected chi connectivity index (χ2v) is 9.96. The number of fused-ring (bicyclic) bond motifs is 1. The predicted molar refractivity (Wildman–Crippen MR) is 133 cm³/mol. The van der Waals surface area contributed by atoms with Crippen molar-refractivity contribution in [2.75, 3.05) is 6.54 Å². The number of halogens is 3. The van der Waals surface area contributed by atoms with E-state index in [0.717, 1.165) is 34.6 Å². The molecule has 1 aliphatic heterocycles. The molecule has 1 aliphatic rings. The zero-order valence-electron chi connectivity index (χ0n) is 21.3. The largest absolute Gasteiger partial charge is 0.400 e. The van der Waals surface area contributed by atoms with Gasteiger partial charge in [-0.3, -0.25) is 9.59 Å². The van der Waals surface area contributed by atoms with E-state index in [4.69, 9.17) is 5.26 Å². The zero-order valence-corrected chi connectivity index (χ0v) is 21.3. The third kappa shape index (κ3) is 5.10. The number of benzene rings is 1. The molecule has 3 heterocycles. The quantitative estimate of drug-likeness (QED) is 0.427. The summed E-state index contributed by atoms with van der Waals surface area (Å²) in [6.45, 7) is 4.92. The van der Waals surface area contributed by atoms with E-state index in [9.17, 15) is 22.8 Å². The molecule has 2 aromatic heterocycles. The lowest BCUT2D eigenvalue weighted by Crippen LogP contribution is -2.49. The summed E-state index contributed by atoms with van der Waals surface area (Å²) >= 11 is 0. The third-order valence-corrected chi connectivity index (χ3v) is 7.50. The van der Waals surface area contributed by atoms with Gasteiger partial charge in [0.15, 0.2) is 5.78 Å². The smallest absolute Gasteiger partial charge is 0.339 e. The van der Waals surface area contributed by atoms with Crippen molar-refractivity contribution in [2.45, 2.75) is 58.2 Å². The van der Waals surface area contributed by atoms with E-state index >= 15 is 0 Å². The van der Waals surface area contributed by atoms with Gasteiger partial charge in [0.1, 0.15) is 11.6 Å². The molecule has 37 heavy (non-hydrogen) atoms. The van der Waals surface area contributed by atoms with Gasteiger partial charge in [0.05, 0.1) is 11.6 Å². The number of carbonyl (C=O) groups excluding carboxylic acids is 2. The van der Waals surface area contributed by atoms with Crippen molar-refractivity contribution in [2.24, 2.45) is 13.0 Å². The molecule has 4 rings (SSSR count). The molecule has 0 unspecified atom stereocenters. The minimum absolute atomic E-state index is 0.0442. The molecule has 1 saturated heterocycles. The number of Topliss-reactive ketones (excluding diaryl/α,β-unsaturated/α-hetero) is 1. The van der Waals surface area contributed by atoms with Crippen molar-refractivity contribution in [3.63, 3.8) is 0 Å². The topological polar surface area (TPSA) is 79.0 Å². The lowest BCUT2D eigenvalue weighted by atomic mass is 9.84. The van der Waals surface area contributed by atoms with Crippen LogP contribution >= 0.6 is 0 Å². The Balaban J connectivity index is 1.60. The van der Waals surface area contributed by atoms with Gasteiger partial charge in [-0.05, 0) is 68.4 Å². The fourth-order valence-corrected chi connectivity index (χ4v) is 5.27. The van der Waals surface area contributed by atoms with E-state index in [1.165, 1.54) is 4.90 Å². The lowest BCUT2D eigenvalue weighted by Gasteiger charge is -2.39. The summed E-state index contributed by atoms with van der Waals surface area (Å²) in [7, 11) is 1.89. The Morgan fingerprint density at radius 1 is 1.30 bits per heavy atom. The maximum Gasteiger partial charge on any atom is 0.400 e. The summed E-state index contributed by atoms with van der Waals surface area (Å²) in [4.78, 5) is 31.5. The van der Waals surface area contributed by atoms with Crippen molar-refractivity contribution in [3.8, 4) is 6.07 Å². The SMILES string of the molecule is Cc1c(CC(=O)c2cccc(C#N)c2)cnc2c1c([C@@H]1CCN(C(=O)[C@@H](C)C(F)(F)F)[C@@H](C)C1)cn2C. The number of alkyl halides is 3. The van der Waals surface area contributed by atoms with Crippen LogP contribution in [0.15, 0.2) is 36.7 Å². The molecular weight excluding hydrogens is 481 g/mol. The summed E-state index contributed by atoms with van der Waals surface area (Å²) < 4.78 is 41.3. The van der Waals surface area contributed by atoms with E-state index in [0.29, 0.717) is 24.0 Å². The van der Waals surface area contributed by atoms with E-state index in [-0.39, 0.29) is 30.7 Å². The number of carbonyl (C=O) groups is 2. The van der Waals surface area contributed by atoms with Gasteiger partial charge in [0.25, 0.3) is 0 Å². The Hall–Kier alpha value is -3.67. The van der Waals surface area contributed by atoms with Crippen molar-refractivity contribution in [1.82, 2.24) is 14.5 Å². The number of amides is 1. The molecule has 3 aromatic rings. The molecule has 6 nitrogen and oxygen atoms in total. The van der Waals surface area contributed by atoms with Gasteiger partial charge in [0, 0.05) is 49.4 Å². The predicted octanol–water partition coefficient (Wildman–Crippen LogP) is 5.47. The number of hydrogen-bond acceptors (Lipinski definition) is 4. The first-order chi connectivity index (χ1) is 17.4. The Bertz CT molecular complexity index is 1400. The minimum atomic E-state index is -4.56. The van der Waals surface area contributed by atoms with Crippen LogP contribution in [-0.4, -0.2) is 44.9 Å². The van der Waals surface area contributed by atoms with Crippen LogP contribution in [0.4, 0.5) is 13.2 Å². The second kappa shape index (κ2) is 10.0. The van der Waals surface area contributed by atoms with Gasteiger partial charge in [-0.1, -0.05) is 12.1 Å². The number of piperidine rings is 1. The number of ketones is 1. The van der Waals surface area contributed by atoms with Crippen molar-refractivity contribution >= 4 is 22.7 Å². The maximum atomic E-state index is 13.1. The first kappa shape index (κ1) is 26.4. The first-order valence-corrected chi connectivity index (χ1v) is 12.3. The van der Waals surface area contributed by atoms with Crippen LogP contribution < -0.4 is 0 Å². The van der Waals surface area contributed by atoms with E-state index in [1.807, 2.05) is 30.8 Å². The van der Waals surface area contributed by atoms with Gasteiger partial charge < -0.3 is 9.47 Å². The number of aromatic nitrogens is 2. The summed E-state index contributed by atoms with van der Waals surface area (Å²) in [5.41, 5.74) is 4.41. The highest BCUT2D eigenvalue weighted by atomic mass is 19.4. The van der Waals surface area contributed by atoms with E-state index in [1.54, 1.807) is 37.4 Å². The summed E-state index contributed by atoms with van der Waals surface area (Å²) in [6.07, 6.45) is 0.366. The first-order valence-electron chi connectivity index (χ1n) is 12.3. The van der Waals surface area contributed by atoms with Gasteiger partial charge in [-0.2, -0.15) is 18.4 Å². The number of likely N-dealkylation sites (tertiary alicyclic amines) is 1. The maximum absolute atomic E-state index is 13.1. The van der Waals surface area contributed by atoms with Crippen LogP contribution in [0.1, 0.15) is 65.2 Å². The molecule has 0 N–H and O–H groups in total. The molecule has 0 spiro atoms. The number of pyridine rings is 1. The minimum Gasteiger partial charge on any atom is -0.339 e. The molecule has 0 radical (unpaired) electrons. The zero-order chi connectivity index (χ0) is 27.1. The number of nitriles is 1. The van der Waals surface area contributed by atoms with Crippen LogP contribution in [0.5, 0.6) is 0 Å². The normalized spacial score (nSPS) is 19.0. The Morgan fingerprint density at radius 3 is 2.68 bits per heavy atom. The van der Waals surface area contributed by atoms with Crippen LogP contribution in [0.2, 0.25) is 0 Å². The van der Waals surface area contributed by atoms with Crippen LogP contribution in [0.25, 0.3) is 11.0 Å². The number of aryl methyl sites for hydroxylation is 2. The van der Waals surface area contributed by atoms with E-state index in [2.05, 4.69) is 4.98 Å². The average molecular weight is 511 g/mol. The molecule has 0 bridgehead atoms. The van der Waals surface area contributed by atoms with Gasteiger partial charge in [0.2, 0.25) is 5.91 Å². The van der Waals surface area contributed by atoms with E-state index < -0.39 is 18.0 Å². The standard InChI is InChI=1S/C28H29F3N4O2/c1-16-10-20(8-9-35(16)27(37)18(3)28(29,30)31)23-15-34(4)26-25(23)17(2)22(14-33-26)12-24(36)21-7-5-6-19(11-21)13-32/h5-7,11,14-16,18,20H,8-10,12H2,1-4H3/t16-,18+,20+/m0/s1. The third-order valence-electron chi connectivity index (χ3n) is 7.50.